The predicted octanol–water partition coefficient (Wildman–Crippen LogP) is 2.84. The molecule has 0 aliphatic rings. The molecule has 22 heavy (non-hydrogen) atoms. The first-order valence-electron chi connectivity index (χ1n) is 6.37. The minimum absolute atomic E-state index is 0.296. The van der Waals surface area contributed by atoms with Crippen LogP contribution in [0.5, 0.6) is 0 Å². The first-order chi connectivity index (χ1) is 10.5. The molecular formula is C15H12ClN3O2S. The number of ketones is 1. The molecular weight excluding hydrogens is 322 g/mol. The lowest BCUT2D eigenvalue weighted by molar-refractivity contribution is -0.121. The van der Waals surface area contributed by atoms with Crippen LogP contribution in [0.25, 0.3) is 10.6 Å². The number of Topliss-reactive ketones (excluding diaryl/α,β-unsaturated/α-hetero) is 1. The maximum Gasteiger partial charge on any atom is 0.245 e. The number of carbonyl (C=O) groups excluding carboxylic acids is 2. The van der Waals surface area contributed by atoms with Gasteiger partial charge in [0.2, 0.25) is 11.7 Å². The first-order valence-corrected chi connectivity index (χ1v) is 7.56. The number of nitrogens with one attached hydrogen (secondary N) is 1. The van der Waals surface area contributed by atoms with E-state index in [1.807, 2.05) is 6.07 Å². The topological polar surface area (TPSA) is 82.9 Å². The molecule has 1 atom stereocenters. The smallest absolute Gasteiger partial charge is 0.245 e. The summed E-state index contributed by atoms with van der Waals surface area (Å²) in [4.78, 5) is 28.6. The number of hydrogen-bond donors (Lipinski definition) is 1. The first kappa shape index (κ1) is 16.1. The van der Waals surface area contributed by atoms with Gasteiger partial charge in [-0.05, 0) is 13.0 Å². The Morgan fingerprint density at radius 1 is 1.41 bits per heavy atom. The third-order valence-corrected chi connectivity index (χ3v) is 4.56. The molecule has 0 radical (unpaired) electrons. The third kappa shape index (κ3) is 3.01. The van der Waals surface area contributed by atoms with Gasteiger partial charge in [0.05, 0.1) is 21.7 Å². The number of thiazole rings is 1. The molecule has 1 heterocycles. The van der Waals surface area contributed by atoms with Crippen LogP contribution in [0.3, 0.4) is 0 Å². The Morgan fingerprint density at radius 2 is 2.09 bits per heavy atom. The molecule has 5 nitrogen and oxygen atoms in total. The highest BCUT2D eigenvalue weighted by atomic mass is 35.5. The Hall–Kier alpha value is -2.23. The van der Waals surface area contributed by atoms with E-state index in [1.165, 1.54) is 7.05 Å². The number of hydrogen-bond acceptors (Lipinski definition) is 5. The number of benzene rings is 1. The summed E-state index contributed by atoms with van der Waals surface area (Å²) in [7, 11) is 1.38. The van der Waals surface area contributed by atoms with Crippen LogP contribution in [-0.2, 0) is 4.79 Å². The Kier molecular flexibility index (Phi) is 4.91. The van der Waals surface area contributed by atoms with Crippen LogP contribution in [0.2, 0.25) is 5.02 Å². The molecule has 1 aromatic carbocycles. The summed E-state index contributed by atoms with van der Waals surface area (Å²) in [6.45, 7) is 1.67. The van der Waals surface area contributed by atoms with E-state index in [4.69, 9.17) is 16.9 Å². The third-order valence-electron chi connectivity index (χ3n) is 3.02. The van der Waals surface area contributed by atoms with E-state index >= 15 is 0 Å². The van der Waals surface area contributed by atoms with Gasteiger partial charge < -0.3 is 5.32 Å². The van der Waals surface area contributed by atoms with E-state index in [2.05, 4.69) is 10.3 Å². The largest absolute Gasteiger partial charge is 0.358 e. The molecule has 0 aliphatic heterocycles. The molecule has 0 bridgehead atoms. The minimum Gasteiger partial charge on any atom is -0.358 e. The van der Waals surface area contributed by atoms with Gasteiger partial charge in [0.15, 0.2) is 5.92 Å². The molecule has 0 fully saturated rings. The molecule has 0 aliphatic carbocycles. The molecule has 7 heteroatoms. The SMILES string of the molecule is CNC(=O)C(C#N)C(=O)c1sc(-c2ccccc2Cl)nc1C. The van der Waals surface area contributed by atoms with Gasteiger partial charge in [0.25, 0.3) is 0 Å². The highest BCUT2D eigenvalue weighted by molar-refractivity contribution is 7.17. The summed E-state index contributed by atoms with van der Waals surface area (Å²) in [6.07, 6.45) is 0. The van der Waals surface area contributed by atoms with Crippen molar-refractivity contribution in [3.8, 4) is 16.6 Å². The van der Waals surface area contributed by atoms with Gasteiger partial charge in [-0.2, -0.15) is 5.26 Å². The van der Waals surface area contributed by atoms with Crippen LogP contribution in [0, 0.1) is 24.2 Å². The number of halogens is 1. The number of nitrogens with zero attached hydrogens (tertiary/aromatic N) is 2. The van der Waals surface area contributed by atoms with Crippen molar-refractivity contribution in [3.05, 3.63) is 39.9 Å². The van der Waals surface area contributed by atoms with Gasteiger partial charge >= 0.3 is 0 Å². The zero-order chi connectivity index (χ0) is 16.3. The summed E-state index contributed by atoms with van der Waals surface area (Å²) >= 11 is 7.26. The number of aryl methyl sites for hydroxylation is 1. The van der Waals surface area contributed by atoms with E-state index in [-0.39, 0.29) is 0 Å². The normalized spacial score (nSPS) is 11.5. The summed E-state index contributed by atoms with van der Waals surface area (Å²) < 4.78 is 0. The summed E-state index contributed by atoms with van der Waals surface area (Å²) in [5.41, 5.74) is 1.19. The molecule has 1 amide bonds. The highest BCUT2D eigenvalue weighted by Gasteiger charge is 2.30. The molecule has 2 rings (SSSR count). The number of carbonyl (C=O) groups is 2. The molecule has 1 unspecified atom stereocenters. The highest BCUT2D eigenvalue weighted by Crippen LogP contribution is 2.33. The van der Waals surface area contributed by atoms with Crippen LogP contribution in [0.15, 0.2) is 24.3 Å². The van der Waals surface area contributed by atoms with E-state index in [0.29, 0.717) is 26.2 Å². The molecule has 1 N–H and O–H groups in total. The van der Waals surface area contributed by atoms with Crippen LogP contribution in [0.1, 0.15) is 15.4 Å². The van der Waals surface area contributed by atoms with Crippen molar-refractivity contribution in [1.29, 1.82) is 5.26 Å². The molecule has 0 saturated carbocycles. The van der Waals surface area contributed by atoms with Gasteiger partial charge in [-0.1, -0.05) is 29.8 Å². The van der Waals surface area contributed by atoms with E-state index in [1.54, 1.807) is 31.2 Å². The van der Waals surface area contributed by atoms with Crippen molar-refractivity contribution in [3.63, 3.8) is 0 Å². The molecule has 1 aromatic heterocycles. The van der Waals surface area contributed by atoms with Crippen LogP contribution < -0.4 is 5.32 Å². The minimum atomic E-state index is -1.37. The molecule has 0 spiro atoms. The van der Waals surface area contributed by atoms with Gasteiger partial charge in [-0.25, -0.2) is 4.98 Å². The lowest BCUT2D eigenvalue weighted by Crippen LogP contribution is -2.32. The second-order valence-corrected chi connectivity index (χ2v) is 5.86. The van der Waals surface area contributed by atoms with Gasteiger partial charge in [0.1, 0.15) is 5.01 Å². The van der Waals surface area contributed by atoms with E-state index < -0.39 is 17.6 Å². The number of amides is 1. The van der Waals surface area contributed by atoms with Crippen LogP contribution in [-0.4, -0.2) is 23.7 Å². The summed E-state index contributed by atoms with van der Waals surface area (Å²) in [6, 6.07) is 8.89. The Labute approximate surface area is 136 Å². The van der Waals surface area contributed by atoms with Crippen molar-refractivity contribution in [2.45, 2.75) is 6.92 Å². The van der Waals surface area contributed by atoms with Crippen molar-refractivity contribution in [1.82, 2.24) is 10.3 Å². The average Bonchev–Trinajstić information content (AvgIpc) is 2.89. The van der Waals surface area contributed by atoms with Gasteiger partial charge in [-0.3, -0.25) is 9.59 Å². The number of rotatable bonds is 4. The van der Waals surface area contributed by atoms with Crippen molar-refractivity contribution in [2.75, 3.05) is 7.05 Å². The maximum absolute atomic E-state index is 12.4. The van der Waals surface area contributed by atoms with Crippen LogP contribution >= 0.6 is 22.9 Å². The second-order valence-electron chi connectivity index (χ2n) is 4.45. The summed E-state index contributed by atoms with van der Waals surface area (Å²) in [5, 5.41) is 12.5. The lowest BCUT2D eigenvalue weighted by Gasteiger charge is -2.04. The number of aromatic nitrogens is 1. The zero-order valence-electron chi connectivity index (χ0n) is 11.9. The van der Waals surface area contributed by atoms with E-state index in [9.17, 15) is 9.59 Å². The van der Waals surface area contributed by atoms with Gasteiger partial charge in [0, 0.05) is 12.6 Å². The fraction of sp³-hybridized carbons (Fsp3) is 0.200. The van der Waals surface area contributed by atoms with Gasteiger partial charge in [-0.15, -0.1) is 11.3 Å². The Bertz CT molecular complexity index is 779. The average molecular weight is 334 g/mol. The molecule has 2 aromatic rings. The predicted molar refractivity (Wildman–Crippen MR) is 84.8 cm³/mol. The number of nitriles is 1. The van der Waals surface area contributed by atoms with Crippen LogP contribution in [0.4, 0.5) is 0 Å². The quantitative estimate of drug-likeness (QED) is 0.689. The fourth-order valence-corrected chi connectivity index (χ4v) is 3.24. The van der Waals surface area contributed by atoms with Crippen molar-refractivity contribution < 1.29 is 9.59 Å². The van der Waals surface area contributed by atoms with Crippen molar-refractivity contribution >= 4 is 34.6 Å². The lowest BCUT2D eigenvalue weighted by atomic mass is 10.0. The monoisotopic (exact) mass is 333 g/mol. The molecule has 0 saturated heterocycles. The summed E-state index contributed by atoms with van der Waals surface area (Å²) in [5.74, 6) is -2.54. The zero-order valence-corrected chi connectivity index (χ0v) is 13.5. The Balaban J connectivity index is 2.43. The standard InChI is InChI=1S/C15H12ClN3O2S/c1-8-13(12(20)10(7-17)14(21)18-2)22-15(19-8)9-5-3-4-6-11(9)16/h3-6,10H,1-2H3,(H,18,21). The second kappa shape index (κ2) is 6.69. The molecule has 112 valence electrons. The maximum atomic E-state index is 12.4. The van der Waals surface area contributed by atoms with Crippen molar-refractivity contribution in [2.24, 2.45) is 5.92 Å². The van der Waals surface area contributed by atoms with E-state index in [0.717, 1.165) is 11.3 Å². The fourth-order valence-electron chi connectivity index (χ4n) is 1.89. The Morgan fingerprint density at radius 3 is 2.68 bits per heavy atom.